The summed E-state index contributed by atoms with van der Waals surface area (Å²) < 4.78 is 55.3. The van der Waals surface area contributed by atoms with Gasteiger partial charge in [-0.05, 0) is 44.2 Å². The van der Waals surface area contributed by atoms with Gasteiger partial charge in [-0.15, -0.1) is 13.2 Å². The van der Waals surface area contributed by atoms with Gasteiger partial charge >= 0.3 is 6.36 Å². The molecule has 1 unspecified atom stereocenters. The van der Waals surface area contributed by atoms with E-state index in [-0.39, 0.29) is 11.9 Å². The van der Waals surface area contributed by atoms with Gasteiger partial charge in [-0.1, -0.05) is 0 Å². The second kappa shape index (κ2) is 8.22. The van der Waals surface area contributed by atoms with Crippen molar-refractivity contribution in [3.63, 3.8) is 0 Å². The monoisotopic (exact) mass is 433 g/mol. The molecule has 0 saturated heterocycles. The molecule has 3 aromatic rings. The van der Waals surface area contributed by atoms with Crippen molar-refractivity contribution >= 4 is 0 Å². The van der Waals surface area contributed by atoms with Crippen LogP contribution in [0.3, 0.4) is 0 Å². The summed E-state index contributed by atoms with van der Waals surface area (Å²) >= 11 is 0. The van der Waals surface area contributed by atoms with Crippen LogP contribution in [0.2, 0.25) is 0 Å². The fourth-order valence-corrected chi connectivity index (χ4v) is 3.76. The first kappa shape index (κ1) is 21.2. The molecular formula is C22H22F3N3O3. The highest BCUT2D eigenvalue weighted by Crippen LogP contribution is 2.38. The van der Waals surface area contributed by atoms with E-state index in [9.17, 15) is 13.2 Å². The molecule has 0 amide bonds. The Hall–Kier alpha value is -3.07. The molecule has 1 aromatic carbocycles. The van der Waals surface area contributed by atoms with Crippen LogP contribution in [0, 0.1) is 6.92 Å². The molecule has 6 nitrogen and oxygen atoms in total. The first-order chi connectivity index (χ1) is 14.7. The van der Waals surface area contributed by atoms with Crippen LogP contribution in [0.4, 0.5) is 13.2 Å². The lowest BCUT2D eigenvalue weighted by molar-refractivity contribution is -0.275. The van der Waals surface area contributed by atoms with E-state index in [1.165, 1.54) is 19.2 Å². The number of halogens is 3. The van der Waals surface area contributed by atoms with Gasteiger partial charge in [0.2, 0.25) is 0 Å². The predicted molar refractivity (Wildman–Crippen MR) is 108 cm³/mol. The lowest BCUT2D eigenvalue weighted by atomic mass is 10.1. The number of benzene rings is 1. The molecule has 1 atom stereocenters. The number of hydrogen-bond acceptors (Lipinski definition) is 5. The van der Waals surface area contributed by atoms with Gasteiger partial charge in [0.1, 0.15) is 5.82 Å². The standard InChI is InChI=1S/C22H22F3N3O3/c1-13-10-15(6-8-26-13)20-17-7-9-30-14(2)12-28(17)21(27-20)16-4-5-18(19(11-16)29-3)31-22(23,24)25/h4-6,8,10-11,14H,7,9,12H2,1-3H3. The summed E-state index contributed by atoms with van der Waals surface area (Å²) in [6.07, 6.45) is -2.44. The van der Waals surface area contributed by atoms with Crippen molar-refractivity contribution in [3.05, 3.63) is 47.9 Å². The zero-order valence-corrected chi connectivity index (χ0v) is 17.4. The fraction of sp³-hybridized carbons (Fsp3) is 0.364. The van der Waals surface area contributed by atoms with Crippen molar-refractivity contribution in [2.75, 3.05) is 13.7 Å². The topological polar surface area (TPSA) is 58.4 Å². The lowest BCUT2D eigenvalue weighted by Gasteiger charge is -2.15. The molecule has 3 heterocycles. The molecule has 2 aromatic heterocycles. The molecule has 0 saturated carbocycles. The van der Waals surface area contributed by atoms with Gasteiger partial charge in [0.05, 0.1) is 32.1 Å². The maximum absolute atomic E-state index is 12.7. The Labute approximate surface area is 177 Å². The fourth-order valence-electron chi connectivity index (χ4n) is 3.76. The highest BCUT2D eigenvalue weighted by Gasteiger charge is 2.33. The molecule has 0 bridgehead atoms. The van der Waals surface area contributed by atoms with Crippen LogP contribution in [-0.4, -0.2) is 40.7 Å². The number of rotatable bonds is 4. The highest BCUT2D eigenvalue weighted by molar-refractivity contribution is 5.70. The minimum atomic E-state index is -4.81. The molecular weight excluding hydrogens is 411 g/mol. The number of hydrogen-bond donors (Lipinski definition) is 0. The number of imidazole rings is 1. The van der Waals surface area contributed by atoms with E-state index in [2.05, 4.69) is 14.3 Å². The molecule has 1 aliphatic rings. The van der Waals surface area contributed by atoms with Gasteiger partial charge in [-0.25, -0.2) is 4.98 Å². The molecule has 31 heavy (non-hydrogen) atoms. The zero-order valence-electron chi connectivity index (χ0n) is 17.4. The summed E-state index contributed by atoms with van der Waals surface area (Å²) in [7, 11) is 1.30. The number of nitrogens with zero attached hydrogens (tertiary/aromatic N) is 3. The number of ether oxygens (including phenoxy) is 3. The van der Waals surface area contributed by atoms with Crippen LogP contribution in [0.15, 0.2) is 36.5 Å². The Bertz CT molecular complexity index is 1100. The second-order valence-corrected chi connectivity index (χ2v) is 7.37. The van der Waals surface area contributed by atoms with Crippen LogP contribution in [-0.2, 0) is 17.7 Å². The number of aryl methyl sites for hydroxylation is 1. The van der Waals surface area contributed by atoms with Gasteiger partial charge in [-0.2, -0.15) is 0 Å². The largest absolute Gasteiger partial charge is 0.573 e. The van der Waals surface area contributed by atoms with Gasteiger partial charge in [0.15, 0.2) is 11.5 Å². The Morgan fingerprint density at radius 3 is 2.65 bits per heavy atom. The average molecular weight is 433 g/mol. The van der Waals surface area contributed by atoms with Crippen molar-refractivity contribution < 1.29 is 27.4 Å². The Morgan fingerprint density at radius 1 is 1.13 bits per heavy atom. The van der Waals surface area contributed by atoms with E-state index in [0.29, 0.717) is 31.0 Å². The van der Waals surface area contributed by atoms with E-state index in [1.807, 2.05) is 26.0 Å². The molecule has 9 heteroatoms. The lowest BCUT2D eigenvalue weighted by Crippen LogP contribution is -2.17. The number of methoxy groups -OCH3 is 1. The second-order valence-electron chi connectivity index (χ2n) is 7.37. The number of pyridine rings is 1. The molecule has 0 N–H and O–H groups in total. The summed E-state index contributed by atoms with van der Waals surface area (Å²) in [5, 5.41) is 0. The quantitative estimate of drug-likeness (QED) is 0.592. The predicted octanol–water partition coefficient (Wildman–Crippen LogP) is 4.79. The van der Waals surface area contributed by atoms with Crippen molar-refractivity contribution in [3.8, 4) is 34.1 Å². The number of aromatic nitrogens is 3. The smallest absolute Gasteiger partial charge is 0.493 e. The number of fused-ring (bicyclic) bond motifs is 1. The van der Waals surface area contributed by atoms with Gasteiger partial charge in [0.25, 0.3) is 0 Å². The SMILES string of the molecule is COc1cc(-c2nc(-c3ccnc(C)c3)c3n2CC(C)OCC3)ccc1OC(F)(F)F. The maximum Gasteiger partial charge on any atom is 0.573 e. The first-order valence-electron chi connectivity index (χ1n) is 9.83. The van der Waals surface area contributed by atoms with Crippen molar-refractivity contribution in [1.29, 1.82) is 0 Å². The van der Waals surface area contributed by atoms with E-state index in [1.54, 1.807) is 12.3 Å². The van der Waals surface area contributed by atoms with Gasteiger partial charge in [-0.3, -0.25) is 4.98 Å². The van der Waals surface area contributed by atoms with Crippen LogP contribution in [0.5, 0.6) is 11.5 Å². The molecule has 0 radical (unpaired) electrons. The first-order valence-corrected chi connectivity index (χ1v) is 9.83. The van der Waals surface area contributed by atoms with Crippen molar-refractivity contribution in [2.24, 2.45) is 0 Å². The molecule has 4 rings (SSSR count). The summed E-state index contributed by atoms with van der Waals surface area (Å²) in [5.74, 6) is 0.211. The zero-order chi connectivity index (χ0) is 22.2. The Morgan fingerprint density at radius 2 is 1.94 bits per heavy atom. The van der Waals surface area contributed by atoms with E-state index >= 15 is 0 Å². The minimum absolute atomic E-state index is 0.0219. The molecule has 1 aliphatic heterocycles. The van der Waals surface area contributed by atoms with Crippen LogP contribution in [0.1, 0.15) is 18.3 Å². The van der Waals surface area contributed by atoms with E-state index in [0.717, 1.165) is 22.6 Å². The third-order valence-electron chi connectivity index (χ3n) is 5.07. The van der Waals surface area contributed by atoms with Gasteiger partial charge in [0, 0.05) is 35.1 Å². The minimum Gasteiger partial charge on any atom is -0.493 e. The molecule has 0 spiro atoms. The summed E-state index contributed by atoms with van der Waals surface area (Å²) in [4.78, 5) is 9.14. The third kappa shape index (κ3) is 4.51. The third-order valence-corrected chi connectivity index (χ3v) is 5.07. The molecule has 164 valence electrons. The van der Waals surface area contributed by atoms with Crippen LogP contribution in [0.25, 0.3) is 22.6 Å². The average Bonchev–Trinajstić information content (AvgIpc) is 2.94. The van der Waals surface area contributed by atoms with Crippen LogP contribution >= 0.6 is 0 Å². The summed E-state index contributed by atoms with van der Waals surface area (Å²) in [6.45, 7) is 5.03. The molecule has 0 fully saturated rings. The van der Waals surface area contributed by atoms with E-state index in [4.69, 9.17) is 14.5 Å². The highest BCUT2D eigenvalue weighted by atomic mass is 19.4. The Kier molecular flexibility index (Phi) is 5.62. The van der Waals surface area contributed by atoms with E-state index < -0.39 is 12.1 Å². The Balaban J connectivity index is 1.85. The van der Waals surface area contributed by atoms with Crippen molar-refractivity contribution in [2.45, 2.75) is 39.3 Å². The molecule has 0 aliphatic carbocycles. The van der Waals surface area contributed by atoms with Crippen LogP contribution < -0.4 is 9.47 Å². The maximum atomic E-state index is 12.7. The summed E-state index contributed by atoms with van der Waals surface area (Å²) in [6, 6.07) is 8.17. The number of alkyl halides is 3. The van der Waals surface area contributed by atoms with Gasteiger partial charge < -0.3 is 18.8 Å². The summed E-state index contributed by atoms with van der Waals surface area (Å²) in [5.41, 5.74) is 4.25. The normalized spacial score (nSPS) is 16.5. The van der Waals surface area contributed by atoms with Crippen molar-refractivity contribution in [1.82, 2.24) is 14.5 Å².